The molecule has 0 amide bonds. The normalized spacial score (nSPS) is 16.5. The summed E-state index contributed by atoms with van der Waals surface area (Å²) in [5.41, 5.74) is 3.06. The van der Waals surface area contributed by atoms with Crippen molar-refractivity contribution in [2.75, 3.05) is 46.9 Å². The molecule has 2 rings (SSSR count). The lowest BCUT2D eigenvalue weighted by Gasteiger charge is -2.31. The molecule has 0 aromatic heterocycles. The first kappa shape index (κ1) is 19.4. The molecular formula is C20H35N3O. The molecular weight excluding hydrogens is 298 g/mol. The fraction of sp³-hybridized carbons (Fsp3) is 0.700. The fourth-order valence-electron chi connectivity index (χ4n) is 3.14. The second kappa shape index (κ2) is 8.95. The Morgan fingerprint density at radius 1 is 1.12 bits per heavy atom. The minimum atomic E-state index is 0.313. The summed E-state index contributed by atoms with van der Waals surface area (Å²) in [7, 11) is 4.29. The lowest BCUT2D eigenvalue weighted by Crippen LogP contribution is -2.37. The number of rotatable bonds is 8. The molecule has 0 atom stereocenters. The van der Waals surface area contributed by atoms with Crippen LogP contribution in [0.5, 0.6) is 0 Å². The van der Waals surface area contributed by atoms with Crippen LogP contribution in [0.25, 0.3) is 0 Å². The van der Waals surface area contributed by atoms with Crippen LogP contribution in [0.15, 0.2) is 24.3 Å². The SMILES string of the molecule is CN(C)CCN(Cc1cccc(CN2CCCO2)c1)CC(C)(C)C. The van der Waals surface area contributed by atoms with Crippen LogP contribution in [0.4, 0.5) is 0 Å². The third kappa shape index (κ3) is 7.31. The van der Waals surface area contributed by atoms with Crippen LogP contribution in [0.3, 0.4) is 0 Å². The van der Waals surface area contributed by atoms with Gasteiger partial charge in [0.2, 0.25) is 0 Å². The first-order valence-corrected chi connectivity index (χ1v) is 9.15. The molecule has 1 aromatic carbocycles. The van der Waals surface area contributed by atoms with Crippen molar-refractivity contribution in [3.05, 3.63) is 35.4 Å². The van der Waals surface area contributed by atoms with E-state index in [9.17, 15) is 0 Å². The van der Waals surface area contributed by atoms with Crippen LogP contribution in [0, 0.1) is 5.41 Å². The maximum absolute atomic E-state index is 5.63. The predicted molar refractivity (Wildman–Crippen MR) is 101 cm³/mol. The number of benzene rings is 1. The minimum absolute atomic E-state index is 0.313. The van der Waals surface area contributed by atoms with Crippen molar-refractivity contribution in [2.24, 2.45) is 5.41 Å². The first-order valence-electron chi connectivity index (χ1n) is 9.15. The van der Waals surface area contributed by atoms with E-state index >= 15 is 0 Å². The third-order valence-electron chi connectivity index (χ3n) is 4.14. The highest BCUT2D eigenvalue weighted by atomic mass is 16.7. The van der Waals surface area contributed by atoms with E-state index in [2.05, 4.69) is 74.0 Å². The molecule has 4 heteroatoms. The van der Waals surface area contributed by atoms with Gasteiger partial charge in [0.15, 0.2) is 0 Å². The molecule has 4 nitrogen and oxygen atoms in total. The highest BCUT2D eigenvalue weighted by molar-refractivity contribution is 5.23. The Labute approximate surface area is 148 Å². The maximum atomic E-state index is 5.63. The van der Waals surface area contributed by atoms with Gasteiger partial charge < -0.3 is 4.90 Å². The van der Waals surface area contributed by atoms with Gasteiger partial charge in [-0.1, -0.05) is 45.0 Å². The van der Waals surface area contributed by atoms with Gasteiger partial charge in [0, 0.05) is 39.3 Å². The summed E-state index contributed by atoms with van der Waals surface area (Å²) >= 11 is 0. The maximum Gasteiger partial charge on any atom is 0.0698 e. The molecule has 1 aliphatic rings. The molecule has 0 radical (unpaired) electrons. The summed E-state index contributed by atoms with van der Waals surface area (Å²) in [5, 5.41) is 2.08. The minimum Gasteiger partial charge on any atom is -0.308 e. The number of hydrogen-bond donors (Lipinski definition) is 0. The summed E-state index contributed by atoms with van der Waals surface area (Å²) in [6.07, 6.45) is 1.14. The molecule has 0 saturated carbocycles. The van der Waals surface area contributed by atoms with E-state index in [0.29, 0.717) is 5.41 Å². The van der Waals surface area contributed by atoms with Crippen molar-refractivity contribution in [3.8, 4) is 0 Å². The van der Waals surface area contributed by atoms with Gasteiger partial charge in [0.1, 0.15) is 0 Å². The summed E-state index contributed by atoms with van der Waals surface area (Å²) in [6, 6.07) is 8.98. The highest BCUT2D eigenvalue weighted by Crippen LogP contribution is 2.18. The van der Waals surface area contributed by atoms with Gasteiger partial charge in [-0.05, 0) is 37.1 Å². The van der Waals surface area contributed by atoms with Gasteiger partial charge in [-0.15, -0.1) is 0 Å². The Morgan fingerprint density at radius 2 is 1.88 bits per heavy atom. The van der Waals surface area contributed by atoms with Crippen molar-refractivity contribution in [2.45, 2.75) is 40.3 Å². The molecule has 136 valence electrons. The smallest absolute Gasteiger partial charge is 0.0698 e. The highest BCUT2D eigenvalue weighted by Gasteiger charge is 2.17. The van der Waals surface area contributed by atoms with E-state index in [1.807, 2.05) is 0 Å². The lowest BCUT2D eigenvalue weighted by molar-refractivity contribution is -0.117. The Kier molecular flexibility index (Phi) is 7.23. The van der Waals surface area contributed by atoms with Crippen molar-refractivity contribution in [3.63, 3.8) is 0 Å². The van der Waals surface area contributed by atoms with Gasteiger partial charge in [0.05, 0.1) is 6.61 Å². The van der Waals surface area contributed by atoms with Gasteiger partial charge in [-0.3, -0.25) is 9.74 Å². The monoisotopic (exact) mass is 333 g/mol. The van der Waals surface area contributed by atoms with Gasteiger partial charge >= 0.3 is 0 Å². The Bertz CT molecular complexity index is 490. The average molecular weight is 334 g/mol. The molecule has 0 N–H and O–H groups in total. The van der Waals surface area contributed by atoms with Gasteiger partial charge in [-0.25, -0.2) is 0 Å². The number of likely N-dealkylation sites (N-methyl/N-ethyl adjacent to an activating group) is 1. The summed E-state index contributed by atoms with van der Waals surface area (Å²) < 4.78 is 0. The zero-order valence-corrected chi connectivity index (χ0v) is 16.2. The average Bonchev–Trinajstić information content (AvgIpc) is 2.96. The summed E-state index contributed by atoms with van der Waals surface area (Å²) in [6.45, 7) is 14.1. The Balaban J connectivity index is 1.98. The quantitative estimate of drug-likeness (QED) is 0.727. The van der Waals surface area contributed by atoms with Crippen molar-refractivity contribution in [1.82, 2.24) is 14.9 Å². The van der Waals surface area contributed by atoms with Gasteiger partial charge in [0.25, 0.3) is 0 Å². The van der Waals surface area contributed by atoms with E-state index in [4.69, 9.17) is 4.84 Å². The van der Waals surface area contributed by atoms with E-state index in [1.165, 1.54) is 11.1 Å². The Morgan fingerprint density at radius 3 is 2.50 bits per heavy atom. The van der Waals surface area contributed by atoms with E-state index in [0.717, 1.165) is 52.3 Å². The van der Waals surface area contributed by atoms with Crippen molar-refractivity contribution >= 4 is 0 Å². The molecule has 1 fully saturated rings. The van der Waals surface area contributed by atoms with Crippen molar-refractivity contribution < 1.29 is 4.84 Å². The van der Waals surface area contributed by atoms with Crippen LogP contribution in [0.1, 0.15) is 38.3 Å². The second-order valence-corrected chi connectivity index (χ2v) is 8.44. The standard InChI is InChI=1S/C20H35N3O/c1-20(2,3)17-22(12-11-21(4)5)15-18-8-6-9-19(14-18)16-23-10-7-13-24-23/h6,8-9,14H,7,10-13,15-17H2,1-5H3. The topological polar surface area (TPSA) is 19.0 Å². The number of nitrogens with zero attached hydrogens (tertiary/aromatic N) is 3. The molecule has 1 aliphatic heterocycles. The van der Waals surface area contributed by atoms with Crippen LogP contribution in [-0.2, 0) is 17.9 Å². The van der Waals surface area contributed by atoms with Crippen LogP contribution >= 0.6 is 0 Å². The Hall–Kier alpha value is -0.940. The van der Waals surface area contributed by atoms with Crippen molar-refractivity contribution in [1.29, 1.82) is 0 Å². The molecule has 1 saturated heterocycles. The molecule has 1 aromatic rings. The largest absolute Gasteiger partial charge is 0.308 e. The van der Waals surface area contributed by atoms with Crippen LogP contribution in [0.2, 0.25) is 0 Å². The molecule has 0 aliphatic carbocycles. The zero-order valence-electron chi connectivity index (χ0n) is 16.2. The predicted octanol–water partition coefficient (Wildman–Crippen LogP) is 3.23. The van der Waals surface area contributed by atoms with E-state index in [-0.39, 0.29) is 0 Å². The van der Waals surface area contributed by atoms with Gasteiger partial charge in [-0.2, -0.15) is 5.06 Å². The van der Waals surface area contributed by atoms with E-state index in [1.54, 1.807) is 0 Å². The van der Waals surface area contributed by atoms with Crippen LogP contribution in [-0.4, -0.2) is 61.7 Å². The van der Waals surface area contributed by atoms with Crippen LogP contribution < -0.4 is 0 Å². The molecule has 0 spiro atoms. The molecule has 0 unspecified atom stereocenters. The van der Waals surface area contributed by atoms with E-state index < -0.39 is 0 Å². The molecule has 0 bridgehead atoms. The summed E-state index contributed by atoms with van der Waals surface area (Å²) in [4.78, 5) is 10.5. The summed E-state index contributed by atoms with van der Waals surface area (Å²) in [5.74, 6) is 0. The molecule has 1 heterocycles. The molecule has 24 heavy (non-hydrogen) atoms. The number of hydroxylamine groups is 2. The fourth-order valence-corrected chi connectivity index (χ4v) is 3.14. The second-order valence-electron chi connectivity index (χ2n) is 8.44. The lowest BCUT2D eigenvalue weighted by atomic mass is 9.95. The zero-order chi connectivity index (χ0) is 17.6. The number of hydrogen-bond acceptors (Lipinski definition) is 4. The third-order valence-corrected chi connectivity index (χ3v) is 4.14. The first-order chi connectivity index (χ1) is 11.3.